The van der Waals surface area contributed by atoms with E-state index in [0.29, 0.717) is 6.42 Å². The van der Waals surface area contributed by atoms with Gasteiger partial charge in [-0.3, -0.25) is 9.59 Å². The zero-order chi connectivity index (χ0) is 15.8. The van der Waals surface area contributed by atoms with Crippen molar-refractivity contribution in [3.8, 4) is 0 Å². The fraction of sp³-hybridized carbons (Fsp3) is 0.875. The first kappa shape index (κ1) is 23.5. The van der Waals surface area contributed by atoms with Crippen LogP contribution in [0.1, 0.15) is 77.0 Å². The van der Waals surface area contributed by atoms with Crippen LogP contribution in [0.5, 0.6) is 0 Å². The third kappa shape index (κ3) is 19.2. The summed E-state index contributed by atoms with van der Waals surface area (Å²) in [5.41, 5.74) is 5.42. The van der Waals surface area contributed by atoms with Gasteiger partial charge in [-0.2, -0.15) is 0 Å². The van der Waals surface area contributed by atoms with Crippen LogP contribution in [0.2, 0.25) is 0 Å². The molecule has 0 bridgehead atoms. The first-order chi connectivity index (χ1) is 10.2. The molecule has 0 atom stereocenters. The molecule has 6 heteroatoms. The lowest BCUT2D eigenvalue weighted by atomic mass is 10.1. The number of hydrogen-bond acceptors (Lipinski definition) is 3. The normalized spacial score (nSPS) is 10.0. The number of aliphatic carboxylic acids is 1. The zero-order valence-corrected chi connectivity index (χ0v) is 14.5. The number of hydrogen-bond donors (Lipinski definition) is 3. The van der Waals surface area contributed by atoms with Crippen molar-refractivity contribution in [3.63, 3.8) is 0 Å². The number of halogens is 1. The maximum absolute atomic E-state index is 11.5. The predicted octanol–water partition coefficient (Wildman–Crippen LogP) is 3.25. The van der Waals surface area contributed by atoms with Crippen molar-refractivity contribution in [2.75, 3.05) is 13.1 Å². The molecule has 0 heterocycles. The van der Waals surface area contributed by atoms with Crippen LogP contribution in [0.3, 0.4) is 0 Å². The Kier molecular flexibility index (Phi) is 19.4. The smallest absolute Gasteiger partial charge is 0.303 e. The van der Waals surface area contributed by atoms with Gasteiger partial charge in [-0.1, -0.05) is 38.5 Å². The summed E-state index contributed by atoms with van der Waals surface area (Å²) >= 11 is 0. The number of nitrogens with one attached hydrogen (secondary N) is 1. The van der Waals surface area contributed by atoms with Gasteiger partial charge in [-0.05, 0) is 32.2 Å². The molecular formula is C16H33ClN2O3. The van der Waals surface area contributed by atoms with Crippen molar-refractivity contribution < 1.29 is 14.7 Å². The van der Waals surface area contributed by atoms with E-state index in [4.69, 9.17) is 10.8 Å². The molecule has 0 aliphatic heterocycles. The largest absolute Gasteiger partial charge is 0.481 e. The molecule has 0 radical (unpaired) electrons. The minimum atomic E-state index is -0.713. The molecule has 0 aromatic carbocycles. The predicted molar refractivity (Wildman–Crippen MR) is 92.4 cm³/mol. The van der Waals surface area contributed by atoms with Crippen molar-refractivity contribution in [2.24, 2.45) is 5.73 Å². The maximum Gasteiger partial charge on any atom is 0.303 e. The number of carbonyl (C=O) groups excluding carboxylic acids is 1. The second-order valence-electron chi connectivity index (χ2n) is 5.57. The molecule has 0 aromatic heterocycles. The van der Waals surface area contributed by atoms with Crippen LogP contribution in [0.4, 0.5) is 0 Å². The van der Waals surface area contributed by atoms with Gasteiger partial charge in [-0.25, -0.2) is 0 Å². The standard InChI is InChI=1S/C16H32N2O3.ClH/c17-13-9-5-6-10-14-18-15(19)11-7-3-1-2-4-8-12-16(20)21;/h1-14,17H2,(H,18,19)(H,20,21);1H. The van der Waals surface area contributed by atoms with Crippen molar-refractivity contribution in [1.29, 1.82) is 0 Å². The Labute approximate surface area is 140 Å². The van der Waals surface area contributed by atoms with Crippen LogP contribution >= 0.6 is 12.4 Å². The summed E-state index contributed by atoms with van der Waals surface area (Å²) in [6, 6.07) is 0. The van der Waals surface area contributed by atoms with Gasteiger partial charge in [0.25, 0.3) is 0 Å². The van der Waals surface area contributed by atoms with Gasteiger partial charge in [0.15, 0.2) is 0 Å². The lowest BCUT2D eigenvalue weighted by Crippen LogP contribution is -2.23. The molecule has 4 N–H and O–H groups in total. The van der Waals surface area contributed by atoms with Gasteiger partial charge in [0.1, 0.15) is 0 Å². The highest BCUT2D eigenvalue weighted by Crippen LogP contribution is 2.08. The average Bonchev–Trinajstić information content (AvgIpc) is 2.45. The second kappa shape index (κ2) is 18.2. The number of carboxylic acids is 1. The van der Waals surface area contributed by atoms with Crippen LogP contribution in [-0.4, -0.2) is 30.1 Å². The van der Waals surface area contributed by atoms with Crippen molar-refractivity contribution in [1.82, 2.24) is 5.32 Å². The Morgan fingerprint density at radius 2 is 1.27 bits per heavy atom. The van der Waals surface area contributed by atoms with Gasteiger partial charge in [0.2, 0.25) is 5.91 Å². The van der Waals surface area contributed by atoms with Crippen LogP contribution in [0, 0.1) is 0 Å². The lowest BCUT2D eigenvalue weighted by molar-refractivity contribution is -0.137. The van der Waals surface area contributed by atoms with Gasteiger partial charge >= 0.3 is 5.97 Å². The third-order valence-corrected chi connectivity index (χ3v) is 3.50. The van der Waals surface area contributed by atoms with Gasteiger partial charge in [0.05, 0.1) is 0 Å². The molecule has 0 saturated carbocycles. The van der Waals surface area contributed by atoms with Gasteiger partial charge in [0, 0.05) is 19.4 Å². The quantitative estimate of drug-likeness (QED) is 0.400. The summed E-state index contributed by atoms with van der Waals surface area (Å²) in [7, 11) is 0. The number of unbranched alkanes of at least 4 members (excludes halogenated alkanes) is 8. The zero-order valence-electron chi connectivity index (χ0n) is 13.6. The van der Waals surface area contributed by atoms with E-state index in [1.807, 2.05) is 0 Å². The number of carboxylic acid groups (broad SMARTS) is 1. The van der Waals surface area contributed by atoms with E-state index < -0.39 is 5.97 Å². The summed E-state index contributed by atoms with van der Waals surface area (Å²) in [5.74, 6) is -0.561. The number of carbonyl (C=O) groups is 2. The van der Waals surface area contributed by atoms with Crippen molar-refractivity contribution in [3.05, 3.63) is 0 Å². The van der Waals surface area contributed by atoms with Gasteiger partial charge < -0.3 is 16.2 Å². The fourth-order valence-electron chi connectivity index (χ4n) is 2.21. The molecule has 0 aliphatic rings. The average molecular weight is 337 g/mol. The minimum absolute atomic E-state index is 0. The van der Waals surface area contributed by atoms with Crippen LogP contribution in [0.25, 0.3) is 0 Å². The molecule has 0 saturated heterocycles. The molecule has 22 heavy (non-hydrogen) atoms. The Hall–Kier alpha value is -0.810. The summed E-state index contributed by atoms with van der Waals surface area (Å²) in [4.78, 5) is 21.9. The Morgan fingerprint density at radius 1 is 0.773 bits per heavy atom. The minimum Gasteiger partial charge on any atom is -0.481 e. The monoisotopic (exact) mass is 336 g/mol. The summed E-state index contributed by atoms with van der Waals surface area (Å²) in [5, 5.41) is 11.4. The highest BCUT2D eigenvalue weighted by atomic mass is 35.5. The Balaban J connectivity index is 0. The molecule has 0 unspecified atom stereocenters. The van der Waals surface area contributed by atoms with E-state index in [1.54, 1.807) is 0 Å². The second-order valence-corrected chi connectivity index (χ2v) is 5.57. The van der Waals surface area contributed by atoms with Crippen molar-refractivity contribution >= 4 is 24.3 Å². The molecule has 132 valence electrons. The van der Waals surface area contributed by atoms with Crippen LogP contribution < -0.4 is 11.1 Å². The summed E-state index contributed by atoms with van der Waals surface area (Å²) in [6.07, 6.45) is 11.1. The highest BCUT2D eigenvalue weighted by Gasteiger charge is 2.01. The van der Waals surface area contributed by atoms with E-state index in [9.17, 15) is 9.59 Å². The molecule has 0 aliphatic carbocycles. The summed E-state index contributed by atoms with van der Waals surface area (Å²) < 4.78 is 0. The van der Waals surface area contributed by atoms with Gasteiger partial charge in [-0.15, -0.1) is 12.4 Å². The van der Waals surface area contributed by atoms with E-state index >= 15 is 0 Å². The molecule has 1 amide bonds. The number of nitrogens with two attached hydrogens (primary N) is 1. The lowest BCUT2D eigenvalue weighted by Gasteiger charge is -2.05. The molecule has 0 fully saturated rings. The molecule has 0 spiro atoms. The van der Waals surface area contributed by atoms with E-state index in [0.717, 1.165) is 77.3 Å². The molecule has 0 aromatic rings. The molecular weight excluding hydrogens is 304 g/mol. The fourth-order valence-corrected chi connectivity index (χ4v) is 2.21. The van der Waals surface area contributed by atoms with Crippen molar-refractivity contribution in [2.45, 2.75) is 77.0 Å². The van der Waals surface area contributed by atoms with E-state index in [1.165, 1.54) is 0 Å². The SMILES string of the molecule is Cl.NCCCCCCNC(=O)CCCCCCCCC(=O)O. The van der Waals surface area contributed by atoms with E-state index in [-0.39, 0.29) is 24.7 Å². The van der Waals surface area contributed by atoms with E-state index in [2.05, 4.69) is 5.32 Å². The van der Waals surface area contributed by atoms with Crippen LogP contribution in [0.15, 0.2) is 0 Å². The maximum atomic E-state index is 11.5. The highest BCUT2D eigenvalue weighted by molar-refractivity contribution is 5.85. The first-order valence-electron chi connectivity index (χ1n) is 8.35. The number of rotatable bonds is 15. The number of amides is 1. The first-order valence-corrected chi connectivity index (χ1v) is 8.35. The summed E-state index contributed by atoms with van der Waals surface area (Å²) in [6.45, 7) is 1.53. The van der Waals surface area contributed by atoms with Crippen LogP contribution in [-0.2, 0) is 9.59 Å². The third-order valence-electron chi connectivity index (χ3n) is 3.50. The Bertz CT molecular complexity index is 276. The molecule has 5 nitrogen and oxygen atoms in total. The Morgan fingerprint density at radius 3 is 1.86 bits per heavy atom. The molecule has 0 rings (SSSR count). The topological polar surface area (TPSA) is 92.4 Å².